The van der Waals surface area contributed by atoms with Crippen LogP contribution in [0.3, 0.4) is 0 Å². The zero-order valence-corrected chi connectivity index (χ0v) is 11.7. The minimum atomic E-state index is -0.218. The van der Waals surface area contributed by atoms with Gasteiger partial charge in [0.05, 0.1) is 6.04 Å². The SMILES string of the molecule is CCC(C)[C@H](N)c1nc(C2Cc3ccccc3O2)no1. The Morgan fingerprint density at radius 2 is 2.20 bits per heavy atom. The molecule has 0 aliphatic carbocycles. The summed E-state index contributed by atoms with van der Waals surface area (Å²) < 4.78 is 11.1. The van der Waals surface area contributed by atoms with Crippen LogP contribution in [-0.4, -0.2) is 10.1 Å². The van der Waals surface area contributed by atoms with Crippen LogP contribution in [-0.2, 0) is 6.42 Å². The molecule has 2 aromatic rings. The number of nitrogens with two attached hydrogens (primary N) is 1. The maximum atomic E-state index is 6.11. The highest BCUT2D eigenvalue weighted by molar-refractivity contribution is 5.37. The molecule has 1 aromatic heterocycles. The van der Waals surface area contributed by atoms with Crippen LogP contribution in [0.4, 0.5) is 0 Å². The summed E-state index contributed by atoms with van der Waals surface area (Å²) in [5.41, 5.74) is 7.28. The maximum Gasteiger partial charge on any atom is 0.243 e. The largest absolute Gasteiger partial charge is 0.482 e. The van der Waals surface area contributed by atoms with Gasteiger partial charge in [-0.05, 0) is 17.5 Å². The lowest BCUT2D eigenvalue weighted by molar-refractivity contribution is 0.220. The van der Waals surface area contributed by atoms with E-state index in [0.717, 1.165) is 18.6 Å². The van der Waals surface area contributed by atoms with Crippen molar-refractivity contribution >= 4 is 0 Å². The molecule has 3 rings (SSSR count). The molecule has 2 unspecified atom stereocenters. The first kappa shape index (κ1) is 13.1. The zero-order chi connectivity index (χ0) is 14.1. The van der Waals surface area contributed by atoms with E-state index in [1.165, 1.54) is 5.56 Å². The number of fused-ring (bicyclic) bond motifs is 1. The Balaban J connectivity index is 1.76. The minimum Gasteiger partial charge on any atom is -0.482 e. The van der Waals surface area contributed by atoms with E-state index in [4.69, 9.17) is 15.0 Å². The van der Waals surface area contributed by atoms with Crippen LogP contribution in [0.25, 0.3) is 0 Å². The van der Waals surface area contributed by atoms with Gasteiger partial charge in [0.2, 0.25) is 11.7 Å². The second-order valence-corrected chi connectivity index (χ2v) is 5.32. The van der Waals surface area contributed by atoms with E-state index in [1.807, 2.05) is 18.2 Å². The highest BCUT2D eigenvalue weighted by atomic mass is 16.5. The van der Waals surface area contributed by atoms with Crippen molar-refractivity contribution in [1.29, 1.82) is 0 Å². The summed E-state index contributed by atoms with van der Waals surface area (Å²) in [6, 6.07) is 7.76. The zero-order valence-electron chi connectivity index (χ0n) is 11.7. The van der Waals surface area contributed by atoms with Gasteiger partial charge in [-0.15, -0.1) is 0 Å². The number of hydrogen-bond acceptors (Lipinski definition) is 5. The summed E-state index contributed by atoms with van der Waals surface area (Å²) in [5.74, 6) is 2.28. The molecule has 1 aliphatic heterocycles. The van der Waals surface area contributed by atoms with Gasteiger partial charge in [0.25, 0.3) is 0 Å². The molecule has 0 saturated heterocycles. The Morgan fingerprint density at radius 3 is 2.95 bits per heavy atom. The van der Waals surface area contributed by atoms with Gasteiger partial charge >= 0.3 is 0 Å². The number of ether oxygens (including phenoxy) is 1. The monoisotopic (exact) mass is 273 g/mol. The van der Waals surface area contributed by atoms with Crippen molar-refractivity contribution in [2.75, 3.05) is 0 Å². The van der Waals surface area contributed by atoms with Crippen molar-refractivity contribution in [3.05, 3.63) is 41.5 Å². The molecule has 106 valence electrons. The van der Waals surface area contributed by atoms with Gasteiger partial charge in [0.1, 0.15) is 5.75 Å². The quantitative estimate of drug-likeness (QED) is 0.927. The van der Waals surface area contributed by atoms with E-state index < -0.39 is 0 Å². The van der Waals surface area contributed by atoms with Gasteiger partial charge < -0.3 is 15.0 Å². The van der Waals surface area contributed by atoms with Crippen LogP contribution in [0.5, 0.6) is 5.75 Å². The van der Waals surface area contributed by atoms with Gasteiger partial charge in [-0.2, -0.15) is 4.98 Å². The summed E-state index contributed by atoms with van der Waals surface area (Å²) in [6.07, 6.45) is 1.58. The first-order chi connectivity index (χ1) is 9.69. The average Bonchev–Trinajstić information content (AvgIpc) is 3.11. The van der Waals surface area contributed by atoms with E-state index in [2.05, 4.69) is 30.1 Å². The summed E-state index contributed by atoms with van der Waals surface area (Å²) in [7, 11) is 0. The smallest absolute Gasteiger partial charge is 0.243 e. The van der Waals surface area contributed by atoms with Gasteiger partial charge in [0.15, 0.2) is 6.10 Å². The van der Waals surface area contributed by atoms with Crippen molar-refractivity contribution in [3.63, 3.8) is 0 Å². The standard InChI is InChI=1S/C15H19N3O2/c1-3-9(2)13(16)15-17-14(18-20-15)12-8-10-6-4-5-7-11(10)19-12/h4-7,9,12-13H,3,8,16H2,1-2H3/t9?,12?,13-/m0/s1. The topological polar surface area (TPSA) is 74.2 Å². The Bertz CT molecular complexity index is 571. The predicted octanol–water partition coefficient (Wildman–Crippen LogP) is 2.79. The molecular formula is C15H19N3O2. The Morgan fingerprint density at radius 1 is 1.40 bits per heavy atom. The van der Waals surface area contributed by atoms with Crippen molar-refractivity contribution in [3.8, 4) is 5.75 Å². The Labute approximate surface area is 118 Å². The number of hydrogen-bond donors (Lipinski definition) is 1. The number of benzene rings is 1. The molecule has 2 heterocycles. The molecule has 0 bridgehead atoms. The Hall–Kier alpha value is -1.88. The van der Waals surface area contributed by atoms with Crippen LogP contribution in [0.15, 0.2) is 28.8 Å². The first-order valence-corrected chi connectivity index (χ1v) is 7.02. The fourth-order valence-corrected chi connectivity index (χ4v) is 2.34. The van der Waals surface area contributed by atoms with E-state index in [0.29, 0.717) is 17.6 Å². The molecule has 3 atom stereocenters. The molecular weight excluding hydrogens is 254 g/mol. The van der Waals surface area contributed by atoms with Crippen LogP contribution in [0, 0.1) is 5.92 Å². The van der Waals surface area contributed by atoms with Gasteiger partial charge in [0, 0.05) is 6.42 Å². The lowest BCUT2D eigenvalue weighted by atomic mass is 10.0. The van der Waals surface area contributed by atoms with Crippen molar-refractivity contribution in [1.82, 2.24) is 10.1 Å². The molecule has 2 N–H and O–H groups in total. The summed E-state index contributed by atoms with van der Waals surface area (Å²) >= 11 is 0. The number of rotatable bonds is 4. The van der Waals surface area contributed by atoms with Crippen molar-refractivity contribution in [2.24, 2.45) is 11.7 Å². The molecule has 1 aliphatic rings. The average molecular weight is 273 g/mol. The summed E-state index contributed by atoms with van der Waals surface area (Å²) in [4.78, 5) is 4.42. The van der Waals surface area contributed by atoms with Crippen LogP contribution in [0.1, 0.15) is 49.7 Å². The normalized spacial score (nSPS) is 20.2. The maximum absolute atomic E-state index is 6.11. The fraction of sp³-hybridized carbons (Fsp3) is 0.467. The number of nitrogens with zero attached hydrogens (tertiary/aromatic N) is 2. The summed E-state index contributed by atoms with van der Waals surface area (Å²) in [6.45, 7) is 4.18. The molecule has 20 heavy (non-hydrogen) atoms. The third kappa shape index (κ3) is 2.29. The van der Waals surface area contributed by atoms with E-state index in [-0.39, 0.29) is 12.1 Å². The summed E-state index contributed by atoms with van der Waals surface area (Å²) in [5, 5.41) is 4.03. The highest BCUT2D eigenvalue weighted by Crippen LogP contribution is 2.35. The number of para-hydroxylation sites is 1. The van der Waals surface area contributed by atoms with Crippen LogP contribution < -0.4 is 10.5 Å². The molecule has 5 nitrogen and oxygen atoms in total. The molecule has 0 amide bonds. The number of aromatic nitrogens is 2. The molecule has 0 saturated carbocycles. The van der Waals surface area contributed by atoms with Gasteiger partial charge in [-0.1, -0.05) is 43.6 Å². The third-order valence-corrected chi connectivity index (χ3v) is 3.93. The van der Waals surface area contributed by atoms with Gasteiger partial charge in [-0.3, -0.25) is 0 Å². The predicted molar refractivity (Wildman–Crippen MR) is 74.2 cm³/mol. The Kier molecular flexibility index (Phi) is 3.44. The van der Waals surface area contributed by atoms with E-state index in [1.54, 1.807) is 0 Å². The second-order valence-electron chi connectivity index (χ2n) is 5.32. The first-order valence-electron chi connectivity index (χ1n) is 7.02. The van der Waals surface area contributed by atoms with Crippen molar-refractivity contribution in [2.45, 2.75) is 38.8 Å². The molecule has 5 heteroatoms. The minimum absolute atomic E-state index is 0.172. The lowest BCUT2D eigenvalue weighted by Crippen LogP contribution is -2.19. The molecule has 0 spiro atoms. The lowest BCUT2D eigenvalue weighted by Gasteiger charge is -2.13. The van der Waals surface area contributed by atoms with Gasteiger partial charge in [-0.25, -0.2) is 0 Å². The van der Waals surface area contributed by atoms with Crippen LogP contribution in [0.2, 0.25) is 0 Å². The third-order valence-electron chi connectivity index (χ3n) is 3.93. The highest BCUT2D eigenvalue weighted by Gasteiger charge is 2.29. The molecule has 0 fully saturated rings. The fourth-order valence-electron chi connectivity index (χ4n) is 2.34. The molecule has 1 aromatic carbocycles. The van der Waals surface area contributed by atoms with Crippen molar-refractivity contribution < 1.29 is 9.26 Å². The van der Waals surface area contributed by atoms with Crippen LogP contribution >= 0.6 is 0 Å². The molecule has 0 radical (unpaired) electrons. The second kappa shape index (κ2) is 5.25. The van der Waals surface area contributed by atoms with E-state index in [9.17, 15) is 0 Å². The van der Waals surface area contributed by atoms with E-state index >= 15 is 0 Å².